The molecule has 0 saturated heterocycles. The van der Waals surface area contributed by atoms with Crippen LogP contribution in [0.25, 0.3) is 0 Å². The third-order valence-corrected chi connectivity index (χ3v) is 1.81. The number of esters is 1. The van der Waals surface area contributed by atoms with E-state index in [1.54, 1.807) is 20.8 Å². The molecule has 0 aliphatic heterocycles. The van der Waals surface area contributed by atoms with Crippen molar-refractivity contribution in [1.29, 1.82) is 0 Å². The highest BCUT2D eigenvalue weighted by molar-refractivity contribution is 5.91. The van der Waals surface area contributed by atoms with E-state index in [9.17, 15) is 9.59 Å². The molecule has 1 rings (SSSR count). The van der Waals surface area contributed by atoms with Crippen LogP contribution in [-0.4, -0.2) is 27.4 Å². The molecular weight excluding hydrogens is 234 g/mol. The van der Waals surface area contributed by atoms with Crippen molar-refractivity contribution in [1.82, 2.24) is 9.97 Å². The summed E-state index contributed by atoms with van der Waals surface area (Å²) in [7, 11) is 0. The summed E-state index contributed by atoms with van der Waals surface area (Å²) in [4.78, 5) is 30.6. The van der Waals surface area contributed by atoms with Gasteiger partial charge in [0.05, 0.1) is 12.6 Å². The first-order valence-corrected chi connectivity index (χ1v) is 5.64. The third kappa shape index (κ3) is 5.93. The fraction of sp³-hybridized carbons (Fsp3) is 0.500. The van der Waals surface area contributed by atoms with Crippen LogP contribution in [0.3, 0.4) is 0 Å². The van der Waals surface area contributed by atoms with E-state index in [0.29, 0.717) is 5.82 Å². The Balaban J connectivity index is 2.32. The number of nitrogens with zero attached hydrogens (tertiary/aromatic N) is 2. The lowest BCUT2D eigenvalue weighted by atomic mass is 10.2. The summed E-state index contributed by atoms with van der Waals surface area (Å²) in [5, 5.41) is 2.54. The Labute approximate surface area is 106 Å². The molecule has 6 heteroatoms. The van der Waals surface area contributed by atoms with Gasteiger partial charge in [-0.2, -0.15) is 0 Å². The van der Waals surface area contributed by atoms with Gasteiger partial charge in [-0.15, -0.1) is 0 Å². The lowest BCUT2D eigenvalue weighted by Crippen LogP contribution is -2.24. The first-order valence-electron chi connectivity index (χ1n) is 5.64. The van der Waals surface area contributed by atoms with Crippen molar-refractivity contribution in [2.24, 2.45) is 0 Å². The van der Waals surface area contributed by atoms with E-state index in [1.807, 2.05) is 0 Å². The summed E-state index contributed by atoms with van der Waals surface area (Å²) in [5.41, 5.74) is -0.529. The largest absolute Gasteiger partial charge is 0.460 e. The molecule has 18 heavy (non-hydrogen) atoms. The number of carbonyl (C=O) groups is 2. The molecule has 0 unspecified atom stereocenters. The van der Waals surface area contributed by atoms with Gasteiger partial charge in [0.25, 0.3) is 0 Å². The van der Waals surface area contributed by atoms with Crippen LogP contribution in [0.4, 0.5) is 5.82 Å². The first-order chi connectivity index (χ1) is 8.37. The normalized spacial score (nSPS) is 10.8. The topological polar surface area (TPSA) is 81.2 Å². The highest BCUT2D eigenvalue weighted by atomic mass is 16.6. The minimum atomic E-state index is -0.529. The van der Waals surface area contributed by atoms with Crippen molar-refractivity contribution in [3.05, 3.63) is 18.6 Å². The summed E-state index contributed by atoms with van der Waals surface area (Å²) >= 11 is 0. The molecule has 0 bridgehead atoms. The van der Waals surface area contributed by atoms with Crippen molar-refractivity contribution in [2.75, 3.05) is 5.32 Å². The molecule has 0 aromatic carbocycles. The van der Waals surface area contributed by atoms with Crippen molar-refractivity contribution in [3.63, 3.8) is 0 Å². The molecule has 1 amide bonds. The summed E-state index contributed by atoms with van der Waals surface area (Å²) in [6.07, 6.45) is 4.53. The molecule has 0 spiro atoms. The highest BCUT2D eigenvalue weighted by Gasteiger charge is 2.17. The monoisotopic (exact) mass is 251 g/mol. The summed E-state index contributed by atoms with van der Waals surface area (Å²) in [6, 6.07) is 0. The van der Waals surface area contributed by atoms with Gasteiger partial charge in [-0.05, 0) is 20.8 Å². The van der Waals surface area contributed by atoms with E-state index in [1.165, 1.54) is 18.6 Å². The number of hydrogen-bond donors (Lipinski definition) is 1. The standard InChI is InChI=1S/C12H17N3O3/c1-12(2,3)18-11(17)5-4-10(16)15-9-8-13-6-7-14-9/h6-8H,4-5H2,1-3H3,(H,14,15,16). The van der Waals surface area contributed by atoms with Crippen molar-refractivity contribution >= 4 is 17.7 Å². The summed E-state index contributed by atoms with van der Waals surface area (Å²) < 4.78 is 5.09. The van der Waals surface area contributed by atoms with Gasteiger partial charge in [0.2, 0.25) is 5.91 Å². The number of aromatic nitrogens is 2. The quantitative estimate of drug-likeness (QED) is 0.821. The molecule has 0 fully saturated rings. The van der Waals surface area contributed by atoms with E-state index in [2.05, 4.69) is 15.3 Å². The van der Waals surface area contributed by atoms with E-state index >= 15 is 0 Å². The van der Waals surface area contributed by atoms with Crippen molar-refractivity contribution in [2.45, 2.75) is 39.2 Å². The second-order valence-corrected chi connectivity index (χ2v) is 4.73. The molecule has 1 aromatic heterocycles. The predicted molar refractivity (Wildman–Crippen MR) is 65.7 cm³/mol. The maximum atomic E-state index is 11.5. The second kappa shape index (κ2) is 6.09. The van der Waals surface area contributed by atoms with E-state index in [0.717, 1.165) is 0 Å². The number of rotatable bonds is 4. The van der Waals surface area contributed by atoms with Gasteiger partial charge < -0.3 is 10.1 Å². The molecule has 98 valence electrons. The number of carbonyl (C=O) groups excluding carboxylic acids is 2. The molecule has 6 nitrogen and oxygen atoms in total. The minimum absolute atomic E-state index is 0.0450. The van der Waals surface area contributed by atoms with Crippen LogP contribution >= 0.6 is 0 Å². The minimum Gasteiger partial charge on any atom is -0.460 e. The Bertz CT molecular complexity index is 412. The maximum Gasteiger partial charge on any atom is 0.306 e. The van der Waals surface area contributed by atoms with Gasteiger partial charge in [0.15, 0.2) is 5.82 Å². The van der Waals surface area contributed by atoms with Crippen LogP contribution in [0, 0.1) is 0 Å². The lowest BCUT2D eigenvalue weighted by Gasteiger charge is -2.19. The molecule has 1 N–H and O–H groups in total. The highest BCUT2D eigenvalue weighted by Crippen LogP contribution is 2.09. The Morgan fingerprint density at radius 1 is 1.28 bits per heavy atom. The van der Waals surface area contributed by atoms with Gasteiger partial charge >= 0.3 is 5.97 Å². The molecule has 0 aliphatic carbocycles. The third-order valence-electron chi connectivity index (χ3n) is 1.81. The Morgan fingerprint density at radius 3 is 2.56 bits per heavy atom. The molecule has 1 heterocycles. The van der Waals surface area contributed by atoms with Crippen LogP contribution in [-0.2, 0) is 14.3 Å². The molecule has 0 atom stereocenters. The number of anilines is 1. The molecule has 0 aliphatic rings. The smallest absolute Gasteiger partial charge is 0.306 e. The Morgan fingerprint density at radius 2 is 2.00 bits per heavy atom. The molecule has 0 radical (unpaired) electrons. The molecule has 0 saturated carbocycles. The lowest BCUT2D eigenvalue weighted by molar-refractivity contribution is -0.155. The van der Waals surface area contributed by atoms with E-state index in [-0.39, 0.29) is 18.7 Å². The van der Waals surface area contributed by atoms with Gasteiger partial charge in [-0.25, -0.2) is 4.98 Å². The van der Waals surface area contributed by atoms with Crippen LogP contribution < -0.4 is 5.32 Å². The van der Waals surface area contributed by atoms with Crippen LogP contribution in [0.1, 0.15) is 33.6 Å². The Kier molecular flexibility index (Phi) is 4.76. The average Bonchev–Trinajstić information content (AvgIpc) is 2.25. The molecule has 1 aromatic rings. The van der Waals surface area contributed by atoms with E-state index < -0.39 is 11.6 Å². The zero-order valence-electron chi connectivity index (χ0n) is 10.8. The van der Waals surface area contributed by atoms with Crippen molar-refractivity contribution in [3.8, 4) is 0 Å². The van der Waals surface area contributed by atoms with Gasteiger partial charge in [-0.1, -0.05) is 0 Å². The SMILES string of the molecule is CC(C)(C)OC(=O)CCC(=O)Nc1cnccn1. The number of nitrogens with one attached hydrogen (secondary N) is 1. The first kappa shape index (κ1) is 14.1. The van der Waals surface area contributed by atoms with Gasteiger partial charge in [0.1, 0.15) is 5.60 Å². The van der Waals surface area contributed by atoms with Gasteiger partial charge in [-0.3, -0.25) is 14.6 Å². The predicted octanol–water partition coefficient (Wildman–Crippen LogP) is 1.54. The fourth-order valence-electron chi connectivity index (χ4n) is 1.18. The molecular formula is C12H17N3O3. The van der Waals surface area contributed by atoms with E-state index in [4.69, 9.17) is 4.74 Å². The number of ether oxygens (including phenoxy) is 1. The zero-order chi connectivity index (χ0) is 13.6. The van der Waals surface area contributed by atoms with Gasteiger partial charge in [0, 0.05) is 18.8 Å². The zero-order valence-corrected chi connectivity index (χ0v) is 10.8. The summed E-state index contributed by atoms with van der Waals surface area (Å²) in [6.45, 7) is 5.35. The Hall–Kier alpha value is -1.98. The van der Waals surface area contributed by atoms with Crippen LogP contribution in [0.2, 0.25) is 0 Å². The average molecular weight is 251 g/mol. The summed E-state index contributed by atoms with van der Waals surface area (Å²) in [5.74, 6) is -0.315. The maximum absolute atomic E-state index is 11.5. The second-order valence-electron chi connectivity index (χ2n) is 4.73. The van der Waals surface area contributed by atoms with Crippen LogP contribution in [0.15, 0.2) is 18.6 Å². The number of amides is 1. The van der Waals surface area contributed by atoms with Crippen LogP contribution in [0.5, 0.6) is 0 Å². The van der Waals surface area contributed by atoms with Crippen molar-refractivity contribution < 1.29 is 14.3 Å². The fourth-order valence-corrected chi connectivity index (χ4v) is 1.18. The number of hydrogen-bond acceptors (Lipinski definition) is 5.